The van der Waals surface area contributed by atoms with Gasteiger partial charge in [-0.2, -0.15) is 0 Å². The van der Waals surface area contributed by atoms with Crippen LogP contribution in [0.3, 0.4) is 0 Å². The average Bonchev–Trinajstić information content (AvgIpc) is 3.20. The zero-order chi connectivity index (χ0) is 19.9. The fourth-order valence-corrected chi connectivity index (χ4v) is 3.85. The Kier molecular flexibility index (Phi) is 6.98. The fourth-order valence-electron chi connectivity index (χ4n) is 3.85. The maximum Gasteiger partial charge on any atom is 0.276 e. The molecular weight excluding hydrogens is 350 g/mol. The van der Waals surface area contributed by atoms with E-state index in [9.17, 15) is 4.79 Å². The zero-order valence-electron chi connectivity index (χ0n) is 17.2. The van der Waals surface area contributed by atoms with Crippen molar-refractivity contribution in [1.82, 2.24) is 24.8 Å². The molecule has 1 aromatic heterocycles. The number of nitrogens with zero attached hydrogens (tertiary/aromatic N) is 5. The van der Waals surface area contributed by atoms with Crippen LogP contribution in [-0.4, -0.2) is 63.4 Å². The van der Waals surface area contributed by atoms with Crippen LogP contribution in [0.4, 0.5) is 0 Å². The molecule has 0 spiro atoms. The summed E-state index contributed by atoms with van der Waals surface area (Å²) in [6.45, 7) is 10.5. The monoisotopic (exact) mass is 381 g/mol. The molecule has 6 nitrogen and oxygen atoms in total. The molecule has 28 heavy (non-hydrogen) atoms. The van der Waals surface area contributed by atoms with E-state index < -0.39 is 0 Å². The number of hydrogen-bond acceptors (Lipinski definition) is 4. The molecular formula is C22H31N5O. The standard InChI is InChI=1S/C22H31N5O/c1-4-26(5-2)22(28)21-17-27(24-23-21)20-12-9-13-25(16-20)15-18(3)14-19-10-7-6-8-11-19/h6-8,10-11,14,17,20H,4-5,9,12-13,15-16H2,1-3H3/b18-14+. The van der Waals surface area contributed by atoms with Gasteiger partial charge in [0, 0.05) is 26.2 Å². The molecule has 0 aliphatic carbocycles. The normalized spacial score (nSPS) is 18.2. The van der Waals surface area contributed by atoms with Gasteiger partial charge >= 0.3 is 0 Å². The van der Waals surface area contributed by atoms with Gasteiger partial charge in [0.1, 0.15) is 0 Å². The van der Waals surface area contributed by atoms with E-state index in [4.69, 9.17) is 0 Å². The van der Waals surface area contributed by atoms with E-state index in [0.717, 1.165) is 32.5 Å². The lowest BCUT2D eigenvalue weighted by atomic mass is 10.0. The molecule has 2 heterocycles. The highest BCUT2D eigenvalue weighted by atomic mass is 16.2. The van der Waals surface area contributed by atoms with Gasteiger partial charge in [-0.3, -0.25) is 9.69 Å². The van der Waals surface area contributed by atoms with Gasteiger partial charge in [-0.05, 0) is 45.7 Å². The molecule has 0 bridgehead atoms. The van der Waals surface area contributed by atoms with Gasteiger partial charge in [0.25, 0.3) is 5.91 Å². The van der Waals surface area contributed by atoms with Crippen molar-refractivity contribution >= 4 is 12.0 Å². The Morgan fingerprint density at radius 2 is 2.00 bits per heavy atom. The number of piperidine rings is 1. The van der Waals surface area contributed by atoms with Crippen LogP contribution in [0.5, 0.6) is 0 Å². The fraction of sp³-hybridized carbons (Fsp3) is 0.500. The predicted octanol–water partition coefficient (Wildman–Crippen LogP) is 3.50. The van der Waals surface area contributed by atoms with Crippen molar-refractivity contribution in [3.05, 3.63) is 53.4 Å². The van der Waals surface area contributed by atoms with E-state index in [1.165, 1.54) is 11.1 Å². The summed E-state index contributed by atoms with van der Waals surface area (Å²) in [5, 5.41) is 8.41. The Bertz CT molecular complexity index is 794. The Balaban J connectivity index is 1.62. The second kappa shape index (κ2) is 9.64. The third kappa shape index (κ3) is 5.07. The van der Waals surface area contributed by atoms with Crippen LogP contribution in [0.1, 0.15) is 55.7 Å². The van der Waals surface area contributed by atoms with Crippen molar-refractivity contribution in [3.8, 4) is 0 Å². The Labute approximate surface area is 167 Å². The molecule has 1 saturated heterocycles. The van der Waals surface area contributed by atoms with Gasteiger partial charge in [0.05, 0.1) is 12.2 Å². The van der Waals surface area contributed by atoms with Crippen LogP contribution >= 0.6 is 0 Å². The summed E-state index contributed by atoms with van der Waals surface area (Å²) in [6.07, 6.45) is 6.27. The number of hydrogen-bond donors (Lipinski definition) is 0. The van der Waals surface area contributed by atoms with E-state index in [1.54, 1.807) is 4.90 Å². The van der Waals surface area contributed by atoms with Crippen molar-refractivity contribution in [2.24, 2.45) is 0 Å². The van der Waals surface area contributed by atoms with Crippen molar-refractivity contribution in [1.29, 1.82) is 0 Å². The molecule has 0 radical (unpaired) electrons. The first-order valence-corrected chi connectivity index (χ1v) is 10.3. The average molecular weight is 382 g/mol. The van der Waals surface area contributed by atoms with Crippen molar-refractivity contribution in [2.75, 3.05) is 32.7 Å². The molecule has 1 aliphatic heterocycles. The van der Waals surface area contributed by atoms with Crippen LogP contribution in [-0.2, 0) is 0 Å². The van der Waals surface area contributed by atoms with Crippen LogP contribution in [0.2, 0.25) is 0 Å². The summed E-state index contributed by atoms with van der Waals surface area (Å²) in [5.74, 6) is -0.0365. The van der Waals surface area contributed by atoms with E-state index >= 15 is 0 Å². The number of benzene rings is 1. The number of carbonyl (C=O) groups excluding carboxylic acids is 1. The molecule has 1 aromatic carbocycles. The summed E-state index contributed by atoms with van der Waals surface area (Å²) in [6, 6.07) is 10.7. The van der Waals surface area contributed by atoms with E-state index in [-0.39, 0.29) is 11.9 Å². The molecule has 150 valence electrons. The second-order valence-electron chi connectivity index (χ2n) is 7.49. The first-order valence-electron chi connectivity index (χ1n) is 10.3. The maximum absolute atomic E-state index is 12.5. The molecule has 1 fully saturated rings. The van der Waals surface area contributed by atoms with Crippen molar-refractivity contribution in [3.63, 3.8) is 0 Å². The molecule has 6 heteroatoms. The Morgan fingerprint density at radius 1 is 1.25 bits per heavy atom. The van der Waals surface area contributed by atoms with Crippen LogP contribution in [0, 0.1) is 0 Å². The summed E-state index contributed by atoms with van der Waals surface area (Å²) >= 11 is 0. The van der Waals surface area contributed by atoms with Gasteiger partial charge in [0.2, 0.25) is 0 Å². The summed E-state index contributed by atoms with van der Waals surface area (Å²) in [5.41, 5.74) is 3.04. The highest BCUT2D eigenvalue weighted by molar-refractivity contribution is 5.91. The zero-order valence-corrected chi connectivity index (χ0v) is 17.2. The summed E-state index contributed by atoms with van der Waals surface area (Å²) in [7, 11) is 0. The predicted molar refractivity (Wildman–Crippen MR) is 112 cm³/mol. The smallest absolute Gasteiger partial charge is 0.276 e. The van der Waals surface area contributed by atoms with Crippen LogP contribution < -0.4 is 0 Å². The quantitative estimate of drug-likeness (QED) is 0.737. The van der Waals surface area contributed by atoms with Gasteiger partial charge in [-0.15, -0.1) is 5.10 Å². The molecule has 0 N–H and O–H groups in total. The lowest BCUT2D eigenvalue weighted by Crippen LogP contribution is -2.37. The minimum absolute atomic E-state index is 0.0365. The van der Waals surface area contributed by atoms with Crippen LogP contribution in [0.25, 0.3) is 6.08 Å². The third-order valence-corrected chi connectivity index (χ3v) is 5.32. The molecule has 2 aromatic rings. The highest BCUT2D eigenvalue weighted by Gasteiger charge is 2.24. The van der Waals surface area contributed by atoms with Gasteiger partial charge in [0.15, 0.2) is 5.69 Å². The van der Waals surface area contributed by atoms with Gasteiger partial charge in [-0.25, -0.2) is 4.68 Å². The number of carbonyl (C=O) groups is 1. The molecule has 1 unspecified atom stereocenters. The molecule has 1 atom stereocenters. The third-order valence-electron chi connectivity index (χ3n) is 5.32. The lowest BCUT2D eigenvalue weighted by Gasteiger charge is -2.32. The minimum atomic E-state index is -0.0365. The number of aromatic nitrogens is 3. The molecule has 3 rings (SSSR count). The summed E-state index contributed by atoms with van der Waals surface area (Å²) in [4.78, 5) is 16.7. The Hall–Kier alpha value is -2.47. The summed E-state index contributed by atoms with van der Waals surface area (Å²) < 4.78 is 1.89. The second-order valence-corrected chi connectivity index (χ2v) is 7.49. The van der Waals surface area contributed by atoms with Crippen molar-refractivity contribution < 1.29 is 4.79 Å². The van der Waals surface area contributed by atoms with E-state index in [2.05, 4.69) is 52.5 Å². The largest absolute Gasteiger partial charge is 0.338 e. The highest BCUT2D eigenvalue weighted by Crippen LogP contribution is 2.22. The van der Waals surface area contributed by atoms with Crippen molar-refractivity contribution in [2.45, 2.75) is 39.7 Å². The van der Waals surface area contributed by atoms with Gasteiger partial charge < -0.3 is 4.90 Å². The minimum Gasteiger partial charge on any atom is -0.338 e. The SMILES string of the molecule is CCN(CC)C(=O)c1cn(C2CCCN(C/C(C)=C/c3ccccc3)C2)nn1. The molecule has 0 saturated carbocycles. The van der Waals surface area contributed by atoms with E-state index in [0.29, 0.717) is 18.8 Å². The first-order chi connectivity index (χ1) is 13.6. The Morgan fingerprint density at radius 3 is 2.71 bits per heavy atom. The van der Waals surface area contributed by atoms with Gasteiger partial charge in [-0.1, -0.05) is 47.2 Å². The molecule has 1 amide bonds. The number of likely N-dealkylation sites (tertiary alicyclic amines) is 1. The molecule has 1 aliphatic rings. The number of amides is 1. The first kappa shape index (κ1) is 20.3. The van der Waals surface area contributed by atoms with E-state index in [1.807, 2.05) is 30.8 Å². The lowest BCUT2D eigenvalue weighted by molar-refractivity contribution is 0.0767. The van der Waals surface area contributed by atoms with Crippen LogP contribution in [0.15, 0.2) is 42.1 Å². The topological polar surface area (TPSA) is 54.3 Å². The number of rotatable bonds is 7. The maximum atomic E-state index is 12.5.